The van der Waals surface area contributed by atoms with E-state index >= 15 is 0 Å². The monoisotopic (exact) mass is 271 g/mol. The molecule has 0 unspecified atom stereocenters. The van der Waals surface area contributed by atoms with Crippen LogP contribution in [0.25, 0.3) is 0 Å². The van der Waals surface area contributed by atoms with Crippen molar-refractivity contribution >= 4 is 5.82 Å². The van der Waals surface area contributed by atoms with E-state index in [4.69, 9.17) is 0 Å². The molecule has 2 aromatic rings. The molecule has 0 amide bonds. The second-order valence-corrected chi connectivity index (χ2v) is 5.08. The van der Waals surface area contributed by atoms with Crippen molar-refractivity contribution in [3.05, 3.63) is 60.0 Å². The molecule has 0 spiro atoms. The molecule has 3 nitrogen and oxygen atoms in total. The SMILES string of the molecule is Fc1ccc(N2CCN(Cc3ccccc3)CC2)nc1. The third kappa shape index (κ3) is 3.14. The van der Waals surface area contributed by atoms with Gasteiger partial charge in [0.2, 0.25) is 0 Å². The van der Waals surface area contributed by atoms with Gasteiger partial charge < -0.3 is 4.90 Å². The Labute approximate surface area is 118 Å². The van der Waals surface area contributed by atoms with Gasteiger partial charge in [0.05, 0.1) is 6.20 Å². The molecule has 4 heteroatoms. The standard InChI is InChI=1S/C16H18FN3/c17-15-6-7-16(18-12-15)20-10-8-19(9-11-20)13-14-4-2-1-3-5-14/h1-7,12H,8-11,13H2. The number of rotatable bonds is 3. The topological polar surface area (TPSA) is 19.4 Å². The summed E-state index contributed by atoms with van der Waals surface area (Å²) >= 11 is 0. The van der Waals surface area contributed by atoms with Crippen molar-refractivity contribution < 1.29 is 4.39 Å². The van der Waals surface area contributed by atoms with E-state index in [-0.39, 0.29) is 5.82 Å². The van der Waals surface area contributed by atoms with Crippen molar-refractivity contribution in [1.29, 1.82) is 0 Å². The molecule has 3 rings (SSSR count). The largest absolute Gasteiger partial charge is 0.354 e. The minimum absolute atomic E-state index is 0.281. The highest BCUT2D eigenvalue weighted by atomic mass is 19.1. The van der Waals surface area contributed by atoms with Crippen LogP contribution >= 0.6 is 0 Å². The number of aromatic nitrogens is 1. The van der Waals surface area contributed by atoms with E-state index in [0.717, 1.165) is 38.5 Å². The Morgan fingerprint density at radius 2 is 1.70 bits per heavy atom. The normalized spacial score (nSPS) is 16.4. The minimum atomic E-state index is -0.281. The Morgan fingerprint density at radius 1 is 0.950 bits per heavy atom. The summed E-state index contributed by atoms with van der Waals surface area (Å²) in [6.45, 7) is 4.88. The summed E-state index contributed by atoms with van der Waals surface area (Å²) in [5.41, 5.74) is 1.35. The Kier molecular flexibility index (Phi) is 3.92. The second kappa shape index (κ2) is 6.01. The zero-order valence-electron chi connectivity index (χ0n) is 11.4. The molecule has 0 aliphatic carbocycles. The Bertz CT molecular complexity index is 533. The second-order valence-electron chi connectivity index (χ2n) is 5.08. The van der Waals surface area contributed by atoms with E-state index < -0.39 is 0 Å². The van der Waals surface area contributed by atoms with Crippen LogP contribution in [0, 0.1) is 5.82 Å². The molecule has 1 aliphatic heterocycles. The molecule has 0 bridgehead atoms. The van der Waals surface area contributed by atoms with Crippen molar-refractivity contribution in [1.82, 2.24) is 9.88 Å². The van der Waals surface area contributed by atoms with Gasteiger partial charge in [-0.2, -0.15) is 0 Å². The third-order valence-electron chi connectivity index (χ3n) is 3.66. The van der Waals surface area contributed by atoms with E-state index in [2.05, 4.69) is 39.0 Å². The first kappa shape index (κ1) is 13.1. The van der Waals surface area contributed by atoms with E-state index in [1.165, 1.54) is 17.8 Å². The lowest BCUT2D eigenvalue weighted by Crippen LogP contribution is -2.46. The molecular formula is C16H18FN3. The van der Waals surface area contributed by atoms with Crippen LogP contribution in [0.15, 0.2) is 48.7 Å². The third-order valence-corrected chi connectivity index (χ3v) is 3.66. The Morgan fingerprint density at radius 3 is 2.35 bits per heavy atom. The van der Waals surface area contributed by atoms with E-state index in [1.54, 1.807) is 6.07 Å². The van der Waals surface area contributed by atoms with Crippen LogP contribution in [0.1, 0.15) is 5.56 Å². The summed E-state index contributed by atoms with van der Waals surface area (Å²) < 4.78 is 12.9. The van der Waals surface area contributed by atoms with Crippen LogP contribution in [0.4, 0.5) is 10.2 Å². The lowest BCUT2D eigenvalue weighted by atomic mass is 10.2. The molecule has 0 radical (unpaired) electrons. The Balaban J connectivity index is 1.55. The van der Waals surface area contributed by atoms with Gasteiger partial charge in [0.15, 0.2) is 0 Å². The van der Waals surface area contributed by atoms with E-state index in [1.807, 2.05) is 6.07 Å². The van der Waals surface area contributed by atoms with Crippen molar-refractivity contribution in [3.63, 3.8) is 0 Å². The van der Waals surface area contributed by atoms with Gasteiger partial charge in [0.1, 0.15) is 11.6 Å². The van der Waals surface area contributed by atoms with Crippen LogP contribution in [0.3, 0.4) is 0 Å². The Hall–Kier alpha value is -1.94. The van der Waals surface area contributed by atoms with Gasteiger partial charge in [-0.3, -0.25) is 4.90 Å². The number of anilines is 1. The van der Waals surface area contributed by atoms with Crippen molar-refractivity contribution in [2.75, 3.05) is 31.1 Å². The molecule has 0 N–H and O–H groups in total. The molecule has 0 saturated carbocycles. The van der Waals surface area contributed by atoms with Gasteiger partial charge in [-0.05, 0) is 17.7 Å². The quantitative estimate of drug-likeness (QED) is 0.855. The molecule has 1 aliphatic rings. The fourth-order valence-corrected chi connectivity index (χ4v) is 2.53. The summed E-state index contributed by atoms with van der Waals surface area (Å²) in [5, 5.41) is 0. The number of benzene rings is 1. The fraction of sp³-hybridized carbons (Fsp3) is 0.312. The van der Waals surface area contributed by atoms with Crippen LogP contribution < -0.4 is 4.90 Å². The maximum atomic E-state index is 12.9. The van der Waals surface area contributed by atoms with Crippen LogP contribution in [-0.2, 0) is 6.54 Å². The van der Waals surface area contributed by atoms with Crippen molar-refractivity contribution in [2.45, 2.75) is 6.54 Å². The molecule has 1 aromatic carbocycles. The van der Waals surface area contributed by atoms with Gasteiger partial charge >= 0.3 is 0 Å². The summed E-state index contributed by atoms with van der Waals surface area (Å²) in [5.74, 6) is 0.585. The number of nitrogens with zero attached hydrogens (tertiary/aromatic N) is 3. The maximum absolute atomic E-state index is 12.9. The molecule has 0 atom stereocenters. The average Bonchev–Trinajstić information content (AvgIpc) is 2.50. The van der Waals surface area contributed by atoms with Crippen molar-refractivity contribution in [2.24, 2.45) is 0 Å². The fourth-order valence-electron chi connectivity index (χ4n) is 2.53. The first-order chi connectivity index (χ1) is 9.81. The van der Waals surface area contributed by atoms with Gasteiger partial charge in [0, 0.05) is 32.7 Å². The first-order valence-electron chi connectivity index (χ1n) is 6.94. The smallest absolute Gasteiger partial charge is 0.141 e. The summed E-state index contributed by atoms with van der Waals surface area (Å²) in [6, 6.07) is 13.7. The first-order valence-corrected chi connectivity index (χ1v) is 6.94. The molecular weight excluding hydrogens is 253 g/mol. The molecule has 20 heavy (non-hydrogen) atoms. The zero-order valence-corrected chi connectivity index (χ0v) is 11.4. The van der Waals surface area contributed by atoms with Gasteiger partial charge in [0.25, 0.3) is 0 Å². The molecule has 1 aromatic heterocycles. The van der Waals surface area contributed by atoms with Crippen molar-refractivity contribution in [3.8, 4) is 0 Å². The van der Waals surface area contributed by atoms with Crippen LogP contribution in [-0.4, -0.2) is 36.1 Å². The minimum Gasteiger partial charge on any atom is -0.354 e. The molecule has 1 saturated heterocycles. The predicted octanol–water partition coefficient (Wildman–Crippen LogP) is 2.54. The number of halogens is 1. The highest BCUT2D eigenvalue weighted by molar-refractivity contribution is 5.38. The predicted molar refractivity (Wildman–Crippen MR) is 78.1 cm³/mol. The van der Waals surface area contributed by atoms with E-state index in [0.29, 0.717) is 0 Å². The van der Waals surface area contributed by atoms with Gasteiger partial charge in [-0.15, -0.1) is 0 Å². The maximum Gasteiger partial charge on any atom is 0.141 e. The van der Waals surface area contributed by atoms with Crippen LogP contribution in [0.2, 0.25) is 0 Å². The highest BCUT2D eigenvalue weighted by Crippen LogP contribution is 2.15. The van der Waals surface area contributed by atoms with Gasteiger partial charge in [-0.1, -0.05) is 30.3 Å². The number of hydrogen-bond acceptors (Lipinski definition) is 3. The van der Waals surface area contributed by atoms with Gasteiger partial charge in [-0.25, -0.2) is 9.37 Å². The number of hydrogen-bond donors (Lipinski definition) is 0. The summed E-state index contributed by atoms with van der Waals surface area (Å²) in [4.78, 5) is 8.79. The molecule has 1 fully saturated rings. The average molecular weight is 271 g/mol. The zero-order chi connectivity index (χ0) is 13.8. The highest BCUT2D eigenvalue weighted by Gasteiger charge is 2.17. The number of piperazine rings is 1. The summed E-state index contributed by atoms with van der Waals surface area (Å²) in [7, 11) is 0. The lowest BCUT2D eigenvalue weighted by molar-refractivity contribution is 0.249. The van der Waals surface area contributed by atoms with E-state index in [9.17, 15) is 4.39 Å². The van der Waals surface area contributed by atoms with Crippen LogP contribution in [0.5, 0.6) is 0 Å². The molecule has 104 valence electrons. The summed E-state index contributed by atoms with van der Waals surface area (Å²) in [6.07, 6.45) is 1.28. The lowest BCUT2D eigenvalue weighted by Gasteiger charge is -2.35. The number of pyridine rings is 1. The molecule has 2 heterocycles.